The molecule has 10 nitrogen and oxygen atoms in total. The predicted molar refractivity (Wildman–Crippen MR) is 108 cm³/mol. The van der Waals surface area contributed by atoms with Crippen molar-refractivity contribution < 1.29 is 33.7 Å². The Balaban J connectivity index is 4.98. The van der Waals surface area contributed by atoms with E-state index in [1.54, 1.807) is 62.3 Å². The molecular formula is C19H37N3O7. The van der Waals surface area contributed by atoms with Gasteiger partial charge in [-0.05, 0) is 62.3 Å². The normalized spacial score (nSPS) is 12.6. The molecule has 0 heterocycles. The van der Waals surface area contributed by atoms with Gasteiger partial charge in [-0.25, -0.2) is 14.4 Å². The first kappa shape index (κ1) is 26.8. The number of alkyl carbamates (subject to hydrolysis) is 3. The Morgan fingerprint density at radius 1 is 0.586 bits per heavy atom. The first-order valence-electron chi connectivity index (χ1n) is 9.43. The zero-order valence-electron chi connectivity index (χ0n) is 19.0. The highest BCUT2D eigenvalue weighted by Crippen LogP contribution is 2.10. The summed E-state index contributed by atoms with van der Waals surface area (Å²) in [5.74, 6) is 0. The van der Waals surface area contributed by atoms with Crippen LogP contribution in [-0.4, -0.2) is 65.4 Å². The van der Waals surface area contributed by atoms with E-state index in [0.29, 0.717) is 0 Å². The van der Waals surface area contributed by atoms with Crippen LogP contribution in [0.1, 0.15) is 62.3 Å². The van der Waals surface area contributed by atoms with Crippen LogP contribution in [0.3, 0.4) is 0 Å². The molecule has 4 N–H and O–H groups in total. The van der Waals surface area contributed by atoms with Gasteiger partial charge in [-0.15, -0.1) is 0 Å². The van der Waals surface area contributed by atoms with Crippen LogP contribution in [0.15, 0.2) is 0 Å². The van der Waals surface area contributed by atoms with E-state index >= 15 is 0 Å². The number of rotatable bonds is 6. The minimum absolute atomic E-state index is 0.298. The smallest absolute Gasteiger partial charge is 0.407 e. The molecule has 0 bridgehead atoms. The average Bonchev–Trinajstić information content (AvgIpc) is 2.44. The number of carbonyl (C=O) groups excluding carboxylic acids is 3. The summed E-state index contributed by atoms with van der Waals surface area (Å²) in [6.45, 7) is 14.4. The van der Waals surface area contributed by atoms with E-state index in [9.17, 15) is 19.5 Å². The number of ether oxygens (including phenoxy) is 3. The van der Waals surface area contributed by atoms with Crippen LogP contribution in [0.4, 0.5) is 14.4 Å². The molecule has 0 aromatic carbocycles. The van der Waals surface area contributed by atoms with Gasteiger partial charge in [-0.2, -0.15) is 0 Å². The monoisotopic (exact) mass is 419 g/mol. The fourth-order valence-corrected chi connectivity index (χ4v) is 1.84. The Bertz CT molecular complexity index is 493. The van der Waals surface area contributed by atoms with Gasteiger partial charge in [0.1, 0.15) is 22.4 Å². The number of amides is 3. The summed E-state index contributed by atoms with van der Waals surface area (Å²) in [5, 5.41) is 18.1. The lowest BCUT2D eigenvalue weighted by molar-refractivity contribution is 0.0123. The molecule has 0 aromatic rings. The molecule has 0 rings (SSSR count). The minimum atomic E-state index is -1.72. The number of carbonyl (C=O) groups is 3. The number of nitrogens with one attached hydrogen (secondary N) is 3. The molecule has 0 saturated carbocycles. The van der Waals surface area contributed by atoms with Crippen molar-refractivity contribution in [3.8, 4) is 0 Å². The third-order valence-electron chi connectivity index (χ3n) is 2.88. The second kappa shape index (κ2) is 10.00. The van der Waals surface area contributed by atoms with E-state index in [1.807, 2.05) is 0 Å². The maximum atomic E-state index is 11.9. The molecule has 0 aliphatic heterocycles. The van der Waals surface area contributed by atoms with Crippen LogP contribution in [0.5, 0.6) is 0 Å². The highest BCUT2D eigenvalue weighted by Gasteiger charge is 2.31. The summed E-state index contributed by atoms with van der Waals surface area (Å²) in [7, 11) is 0. The van der Waals surface area contributed by atoms with Crippen molar-refractivity contribution in [3.05, 3.63) is 0 Å². The third kappa shape index (κ3) is 15.4. The standard InChI is InChI=1S/C19H37N3O7/c1-16(2,3)27-13(23)20-10-19(26,11-21-14(24)28-17(4,5)6)12-22-15(25)29-18(7,8)9/h26H,10-12H2,1-9H3,(H,20,23)(H,21,24)(H,22,25). The van der Waals surface area contributed by atoms with Crippen molar-refractivity contribution >= 4 is 18.3 Å². The van der Waals surface area contributed by atoms with Crippen LogP contribution >= 0.6 is 0 Å². The lowest BCUT2D eigenvalue weighted by atomic mass is 10.0. The molecule has 0 spiro atoms. The molecule has 3 amide bonds. The molecule has 29 heavy (non-hydrogen) atoms. The maximum Gasteiger partial charge on any atom is 0.407 e. The second-order valence-corrected chi connectivity index (χ2v) is 9.79. The Hall–Kier alpha value is -2.23. The van der Waals surface area contributed by atoms with Gasteiger partial charge in [0.05, 0.1) is 19.6 Å². The first-order chi connectivity index (χ1) is 12.8. The highest BCUT2D eigenvalue weighted by atomic mass is 16.6. The molecule has 10 heteroatoms. The first-order valence-corrected chi connectivity index (χ1v) is 9.43. The molecular weight excluding hydrogens is 382 g/mol. The molecule has 0 atom stereocenters. The molecule has 0 unspecified atom stereocenters. The topological polar surface area (TPSA) is 135 Å². The molecule has 0 aliphatic rings. The van der Waals surface area contributed by atoms with Crippen LogP contribution < -0.4 is 16.0 Å². The SMILES string of the molecule is CC(C)(C)OC(=O)NCC(O)(CNC(=O)OC(C)(C)C)CNC(=O)OC(C)(C)C. The van der Waals surface area contributed by atoms with Crippen molar-refractivity contribution in [1.82, 2.24) is 16.0 Å². The summed E-state index contributed by atoms with van der Waals surface area (Å²) in [4.78, 5) is 35.7. The Kier molecular flexibility index (Phi) is 9.23. The summed E-state index contributed by atoms with van der Waals surface area (Å²) in [5.41, 5.74) is -3.87. The maximum absolute atomic E-state index is 11.9. The van der Waals surface area contributed by atoms with Gasteiger partial charge in [0.25, 0.3) is 0 Å². The summed E-state index contributed by atoms with van der Waals surface area (Å²) >= 11 is 0. The Morgan fingerprint density at radius 3 is 0.966 bits per heavy atom. The van der Waals surface area contributed by atoms with Gasteiger partial charge < -0.3 is 35.3 Å². The Morgan fingerprint density at radius 2 is 0.793 bits per heavy atom. The van der Waals surface area contributed by atoms with E-state index in [1.165, 1.54) is 0 Å². The molecule has 0 radical (unpaired) electrons. The zero-order valence-corrected chi connectivity index (χ0v) is 19.0. The quantitative estimate of drug-likeness (QED) is 0.485. The van der Waals surface area contributed by atoms with Crippen LogP contribution in [0.25, 0.3) is 0 Å². The number of hydrogen-bond donors (Lipinski definition) is 4. The van der Waals surface area contributed by atoms with E-state index in [2.05, 4.69) is 16.0 Å². The predicted octanol–water partition coefficient (Wildman–Crippen LogP) is 2.29. The van der Waals surface area contributed by atoms with E-state index in [4.69, 9.17) is 14.2 Å². The van der Waals surface area contributed by atoms with Crippen LogP contribution in [-0.2, 0) is 14.2 Å². The fraction of sp³-hybridized carbons (Fsp3) is 0.842. The van der Waals surface area contributed by atoms with E-state index < -0.39 is 40.7 Å². The van der Waals surface area contributed by atoms with Crippen molar-refractivity contribution in [3.63, 3.8) is 0 Å². The lowest BCUT2D eigenvalue weighted by Gasteiger charge is -2.30. The second-order valence-electron chi connectivity index (χ2n) is 9.79. The van der Waals surface area contributed by atoms with Gasteiger partial charge in [0.15, 0.2) is 0 Å². The van der Waals surface area contributed by atoms with Crippen molar-refractivity contribution in [1.29, 1.82) is 0 Å². The van der Waals surface area contributed by atoms with Gasteiger partial charge >= 0.3 is 18.3 Å². The summed E-state index contributed by atoms with van der Waals surface area (Å²) < 4.78 is 15.4. The highest BCUT2D eigenvalue weighted by molar-refractivity contribution is 5.69. The van der Waals surface area contributed by atoms with Crippen molar-refractivity contribution in [2.75, 3.05) is 19.6 Å². The number of aliphatic hydroxyl groups is 1. The molecule has 0 aromatic heterocycles. The molecule has 170 valence electrons. The number of hydrogen-bond acceptors (Lipinski definition) is 7. The molecule has 0 saturated heterocycles. The van der Waals surface area contributed by atoms with Crippen molar-refractivity contribution in [2.24, 2.45) is 0 Å². The average molecular weight is 420 g/mol. The van der Waals surface area contributed by atoms with E-state index in [0.717, 1.165) is 0 Å². The largest absolute Gasteiger partial charge is 0.444 e. The van der Waals surface area contributed by atoms with E-state index in [-0.39, 0.29) is 19.6 Å². The fourth-order valence-electron chi connectivity index (χ4n) is 1.84. The summed E-state index contributed by atoms with van der Waals surface area (Å²) in [6, 6.07) is 0. The lowest BCUT2D eigenvalue weighted by Crippen LogP contribution is -2.57. The minimum Gasteiger partial charge on any atom is -0.444 e. The van der Waals surface area contributed by atoms with Crippen LogP contribution in [0, 0.1) is 0 Å². The van der Waals surface area contributed by atoms with Crippen molar-refractivity contribution in [2.45, 2.75) is 84.7 Å². The third-order valence-corrected chi connectivity index (χ3v) is 2.88. The van der Waals surface area contributed by atoms with Gasteiger partial charge in [-0.3, -0.25) is 0 Å². The van der Waals surface area contributed by atoms with Gasteiger partial charge in [0.2, 0.25) is 0 Å². The summed E-state index contributed by atoms with van der Waals surface area (Å²) in [6.07, 6.45) is -2.23. The zero-order chi connectivity index (χ0) is 23.1. The van der Waals surface area contributed by atoms with Gasteiger partial charge in [-0.1, -0.05) is 0 Å². The molecule has 0 fully saturated rings. The Labute approximate surface area is 173 Å². The van der Waals surface area contributed by atoms with Gasteiger partial charge in [0, 0.05) is 0 Å². The molecule has 0 aliphatic carbocycles. The van der Waals surface area contributed by atoms with Crippen LogP contribution in [0.2, 0.25) is 0 Å².